The molecular weight excluding hydrogens is 688 g/mol. The van der Waals surface area contributed by atoms with E-state index >= 15 is 0 Å². The summed E-state index contributed by atoms with van der Waals surface area (Å²) in [4.78, 5) is 25.2. The maximum Gasteiger partial charge on any atom is 0.306 e. The molecular formula is C44H76O10. The van der Waals surface area contributed by atoms with Gasteiger partial charge >= 0.3 is 11.9 Å². The monoisotopic (exact) mass is 765 g/mol. The van der Waals surface area contributed by atoms with Crippen LogP contribution in [-0.4, -0.2) is 89.0 Å². The topological polar surface area (TPSA) is 152 Å². The summed E-state index contributed by atoms with van der Waals surface area (Å²) in [5, 5.41) is 40.0. The Morgan fingerprint density at radius 3 is 1.61 bits per heavy atom. The standard InChI is InChI=1S/C44H76O10/c1-3-5-7-9-11-13-15-17-18-19-20-21-23-25-27-29-31-33-40(47)53-37(36-52-44-43(50)42(49)41(48)38(34-45)54-44)35-51-39(46)32-30-28-26-24-22-16-14-12-10-8-6-4-2/h11,13,17-18,20-21,25,27,37-38,41-45,48-50H,3-10,12,14-16,19,22-24,26,28-36H2,1-2H3/b13-11+,18-17+,21-20+,27-25+/t37-,38-,41+,42?,43?,44-/m1/s1. The van der Waals surface area contributed by atoms with Crippen LogP contribution in [0.1, 0.15) is 162 Å². The molecule has 0 radical (unpaired) electrons. The number of rotatable bonds is 34. The molecule has 0 spiro atoms. The lowest BCUT2D eigenvalue weighted by Gasteiger charge is -2.39. The van der Waals surface area contributed by atoms with E-state index in [0.717, 1.165) is 44.9 Å². The molecule has 10 heteroatoms. The number of hydrogen-bond acceptors (Lipinski definition) is 10. The van der Waals surface area contributed by atoms with E-state index in [9.17, 15) is 30.0 Å². The van der Waals surface area contributed by atoms with Crippen LogP contribution in [-0.2, 0) is 28.5 Å². The Labute approximate surface area is 327 Å². The van der Waals surface area contributed by atoms with Gasteiger partial charge in [-0.05, 0) is 51.4 Å². The molecule has 0 bridgehead atoms. The van der Waals surface area contributed by atoms with Gasteiger partial charge in [0.05, 0.1) is 13.2 Å². The van der Waals surface area contributed by atoms with Crippen LogP contribution in [0.4, 0.5) is 0 Å². The number of carbonyl (C=O) groups excluding carboxylic acids is 2. The second-order valence-electron chi connectivity index (χ2n) is 14.4. The van der Waals surface area contributed by atoms with Crippen LogP contribution in [0.3, 0.4) is 0 Å². The van der Waals surface area contributed by atoms with Gasteiger partial charge in [-0.3, -0.25) is 9.59 Å². The van der Waals surface area contributed by atoms with E-state index < -0.39 is 55.4 Å². The van der Waals surface area contributed by atoms with E-state index in [0.29, 0.717) is 12.8 Å². The minimum Gasteiger partial charge on any atom is -0.462 e. The van der Waals surface area contributed by atoms with E-state index in [-0.39, 0.29) is 26.1 Å². The number of carbonyl (C=O) groups is 2. The number of unbranched alkanes of at least 4 members (excludes halogenated alkanes) is 15. The molecule has 1 heterocycles. The molecule has 2 unspecified atom stereocenters. The summed E-state index contributed by atoms with van der Waals surface area (Å²) in [6, 6.07) is 0. The fourth-order valence-electron chi connectivity index (χ4n) is 6.06. The third-order valence-corrected chi connectivity index (χ3v) is 9.47. The van der Waals surface area contributed by atoms with E-state index in [4.69, 9.17) is 18.9 Å². The van der Waals surface area contributed by atoms with Gasteiger partial charge < -0.3 is 39.4 Å². The summed E-state index contributed by atoms with van der Waals surface area (Å²) in [6.45, 7) is 3.32. The third kappa shape index (κ3) is 26.5. The van der Waals surface area contributed by atoms with Crippen LogP contribution in [0.25, 0.3) is 0 Å². The molecule has 6 atom stereocenters. The molecule has 0 amide bonds. The van der Waals surface area contributed by atoms with Crippen LogP contribution < -0.4 is 0 Å². The van der Waals surface area contributed by atoms with Crippen molar-refractivity contribution >= 4 is 11.9 Å². The highest BCUT2D eigenvalue weighted by atomic mass is 16.7. The van der Waals surface area contributed by atoms with Crippen molar-refractivity contribution < 1.29 is 49.0 Å². The van der Waals surface area contributed by atoms with E-state index in [1.54, 1.807) is 0 Å². The van der Waals surface area contributed by atoms with Crippen LogP contribution in [0, 0.1) is 0 Å². The minimum absolute atomic E-state index is 0.154. The van der Waals surface area contributed by atoms with Gasteiger partial charge in [-0.1, -0.05) is 146 Å². The van der Waals surface area contributed by atoms with Crippen molar-refractivity contribution in [1.82, 2.24) is 0 Å². The predicted molar refractivity (Wildman–Crippen MR) is 215 cm³/mol. The summed E-state index contributed by atoms with van der Waals surface area (Å²) in [5.74, 6) is -0.873. The maximum absolute atomic E-state index is 12.7. The lowest BCUT2D eigenvalue weighted by molar-refractivity contribution is -0.305. The number of aliphatic hydroxyl groups excluding tert-OH is 4. The Morgan fingerprint density at radius 2 is 1.06 bits per heavy atom. The van der Waals surface area contributed by atoms with E-state index in [1.165, 1.54) is 77.0 Å². The average Bonchev–Trinajstić information content (AvgIpc) is 3.17. The van der Waals surface area contributed by atoms with Crippen LogP contribution >= 0.6 is 0 Å². The van der Waals surface area contributed by atoms with Gasteiger partial charge in [-0.15, -0.1) is 0 Å². The fraction of sp³-hybridized carbons (Fsp3) is 0.773. The fourth-order valence-corrected chi connectivity index (χ4v) is 6.06. The summed E-state index contributed by atoms with van der Waals surface area (Å²) < 4.78 is 22.0. The molecule has 1 saturated heterocycles. The van der Waals surface area contributed by atoms with Crippen molar-refractivity contribution in [3.8, 4) is 0 Å². The van der Waals surface area contributed by atoms with Crippen LogP contribution in [0.2, 0.25) is 0 Å². The second-order valence-corrected chi connectivity index (χ2v) is 14.4. The summed E-state index contributed by atoms with van der Waals surface area (Å²) in [6.07, 6.45) is 32.6. The van der Waals surface area contributed by atoms with Crippen molar-refractivity contribution in [2.45, 2.75) is 198 Å². The molecule has 0 saturated carbocycles. The van der Waals surface area contributed by atoms with Crippen molar-refractivity contribution in [2.24, 2.45) is 0 Å². The maximum atomic E-state index is 12.7. The molecule has 4 N–H and O–H groups in total. The highest BCUT2D eigenvalue weighted by Gasteiger charge is 2.44. The Hall–Kier alpha value is -2.34. The number of allylic oxidation sites excluding steroid dienone is 8. The van der Waals surface area contributed by atoms with Gasteiger partial charge in [0, 0.05) is 12.8 Å². The Morgan fingerprint density at radius 1 is 0.574 bits per heavy atom. The number of aliphatic hydroxyl groups is 4. The predicted octanol–water partition coefficient (Wildman–Crippen LogP) is 8.49. The van der Waals surface area contributed by atoms with Crippen molar-refractivity contribution in [1.29, 1.82) is 0 Å². The minimum atomic E-state index is -1.60. The van der Waals surface area contributed by atoms with Crippen LogP contribution in [0.5, 0.6) is 0 Å². The number of ether oxygens (including phenoxy) is 4. The average molecular weight is 765 g/mol. The first-order valence-corrected chi connectivity index (χ1v) is 21.2. The Bertz CT molecular complexity index is 1020. The first-order valence-electron chi connectivity index (χ1n) is 21.2. The van der Waals surface area contributed by atoms with Crippen molar-refractivity contribution in [3.05, 3.63) is 48.6 Å². The lowest BCUT2D eigenvalue weighted by atomic mass is 9.99. The normalized spacial score (nSPS) is 21.2. The zero-order valence-corrected chi connectivity index (χ0v) is 33.7. The molecule has 1 aliphatic rings. The molecule has 0 aromatic heterocycles. The SMILES string of the molecule is CCCCC/C=C/C/C=C/C/C=C/C/C=C/CCCC(=O)O[C@H](COC(=O)CCCCCCCCCCCCCC)CO[C@@H]1O[C@H](CO)[C@H](O)C(O)C1O. The van der Waals surface area contributed by atoms with Crippen LogP contribution in [0.15, 0.2) is 48.6 Å². The van der Waals surface area contributed by atoms with Crippen molar-refractivity contribution in [2.75, 3.05) is 19.8 Å². The zero-order valence-electron chi connectivity index (χ0n) is 33.7. The first kappa shape index (κ1) is 49.7. The van der Waals surface area contributed by atoms with E-state index in [1.807, 2.05) is 6.08 Å². The van der Waals surface area contributed by atoms with Crippen molar-refractivity contribution in [3.63, 3.8) is 0 Å². The van der Waals surface area contributed by atoms with E-state index in [2.05, 4.69) is 56.4 Å². The molecule has 1 aliphatic heterocycles. The van der Waals surface area contributed by atoms with Gasteiger partial charge in [-0.25, -0.2) is 0 Å². The number of hydrogen-bond donors (Lipinski definition) is 4. The first-order chi connectivity index (χ1) is 26.3. The summed E-state index contributed by atoms with van der Waals surface area (Å²) >= 11 is 0. The molecule has 312 valence electrons. The second kappa shape index (κ2) is 35.1. The van der Waals surface area contributed by atoms with Gasteiger partial charge in [0.25, 0.3) is 0 Å². The molecule has 0 aromatic carbocycles. The van der Waals surface area contributed by atoms with Gasteiger partial charge in [0.15, 0.2) is 12.4 Å². The molecule has 1 fully saturated rings. The number of esters is 2. The summed E-state index contributed by atoms with van der Waals surface area (Å²) in [5.41, 5.74) is 0. The Kier molecular flexibility index (Phi) is 32.3. The van der Waals surface area contributed by atoms with Gasteiger partial charge in [-0.2, -0.15) is 0 Å². The van der Waals surface area contributed by atoms with Gasteiger partial charge in [0.1, 0.15) is 31.0 Å². The Balaban J connectivity index is 2.41. The zero-order chi connectivity index (χ0) is 39.5. The van der Waals surface area contributed by atoms with Gasteiger partial charge in [0.2, 0.25) is 0 Å². The molecule has 54 heavy (non-hydrogen) atoms. The molecule has 1 rings (SSSR count). The largest absolute Gasteiger partial charge is 0.462 e. The highest BCUT2D eigenvalue weighted by Crippen LogP contribution is 2.22. The molecule has 0 aromatic rings. The molecule has 10 nitrogen and oxygen atoms in total. The quantitative estimate of drug-likeness (QED) is 0.0285. The summed E-state index contributed by atoms with van der Waals surface area (Å²) in [7, 11) is 0. The smallest absolute Gasteiger partial charge is 0.306 e. The third-order valence-electron chi connectivity index (χ3n) is 9.47. The molecule has 0 aliphatic carbocycles. The lowest BCUT2D eigenvalue weighted by Crippen LogP contribution is -2.59. The highest BCUT2D eigenvalue weighted by molar-refractivity contribution is 5.70.